The van der Waals surface area contributed by atoms with Crippen LogP contribution in [0.2, 0.25) is 0 Å². The first-order valence-corrected chi connectivity index (χ1v) is 13.8. The summed E-state index contributed by atoms with van der Waals surface area (Å²) < 4.78 is 6.09. The summed E-state index contributed by atoms with van der Waals surface area (Å²) in [5.74, 6) is 3.93. The highest BCUT2D eigenvalue weighted by molar-refractivity contribution is 5.87. The second-order valence-electron chi connectivity index (χ2n) is 10.3. The molecule has 1 aromatic carbocycles. The molecule has 0 amide bonds. The Bertz CT molecular complexity index is 1210. The van der Waals surface area contributed by atoms with E-state index in [2.05, 4.69) is 36.7 Å². The van der Waals surface area contributed by atoms with Crippen LogP contribution in [0.3, 0.4) is 0 Å². The molecule has 2 aromatic heterocycles. The molecule has 1 N–H and O–H groups in total. The van der Waals surface area contributed by atoms with Gasteiger partial charge < -0.3 is 24.4 Å². The number of H-pyrrole nitrogens is 1. The summed E-state index contributed by atoms with van der Waals surface area (Å²) in [7, 11) is 0. The van der Waals surface area contributed by atoms with Crippen LogP contribution < -0.4 is 19.4 Å². The van der Waals surface area contributed by atoms with Crippen LogP contribution >= 0.6 is 0 Å². The van der Waals surface area contributed by atoms with Crippen molar-refractivity contribution in [2.75, 3.05) is 80.2 Å². The summed E-state index contributed by atoms with van der Waals surface area (Å²) in [5.41, 5.74) is 1.50. The van der Waals surface area contributed by atoms with Crippen molar-refractivity contribution in [3.63, 3.8) is 0 Å². The molecule has 0 spiro atoms. The number of fused-ring (bicyclic) bond motifs is 1. The number of nitriles is 1. The van der Waals surface area contributed by atoms with Crippen LogP contribution in [0.4, 0.5) is 17.6 Å². The number of aromatic nitrogens is 3. The molecule has 0 unspecified atom stereocenters. The second-order valence-corrected chi connectivity index (χ2v) is 10.3. The molecule has 3 aliphatic heterocycles. The normalized spacial score (nSPS) is 18.6. The zero-order valence-corrected chi connectivity index (χ0v) is 21.5. The molecule has 0 saturated carbocycles. The molecule has 0 atom stereocenters. The lowest BCUT2D eigenvalue weighted by Crippen LogP contribution is -2.47. The fourth-order valence-corrected chi connectivity index (χ4v) is 5.72. The fourth-order valence-electron chi connectivity index (χ4n) is 5.72. The Morgan fingerprint density at radius 3 is 2.22 bits per heavy atom. The lowest BCUT2D eigenvalue weighted by molar-refractivity contribution is 0.225. The number of nitrogens with zero attached hydrogens (tertiary/aromatic N) is 7. The summed E-state index contributed by atoms with van der Waals surface area (Å²) in [4.78, 5) is 22.9. The van der Waals surface area contributed by atoms with E-state index in [-0.39, 0.29) is 0 Å². The van der Waals surface area contributed by atoms with Gasteiger partial charge in [0.05, 0.1) is 12.1 Å². The Balaban J connectivity index is 1.03. The average molecular weight is 501 g/mol. The predicted octanol–water partition coefficient (Wildman–Crippen LogP) is 3.62. The number of rotatable bonds is 8. The molecule has 3 fully saturated rings. The molecule has 194 valence electrons. The van der Waals surface area contributed by atoms with Crippen molar-refractivity contribution in [1.82, 2.24) is 19.9 Å². The molecule has 0 aliphatic carbocycles. The molecule has 37 heavy (non-hydrogen) atoms. The average Bonchev–Trinajstić information content (AvgIpc) is 3.73. The van der Waals surface area contributed by atoms with Gasteiger partial charge in [-0.15, -0.1) is 0 Å². The summed E-state index contributed by atoms with van der Waals surface area (Å²) >= 11 is 0. The predicted molar refractivity (Wildman–Crippen MR) is 147 cm³/mol. The van der Waals surface area contributed by atoms with Gasteiger partial charge in [-0.2, -0.15) is 15.2 Å². The summed E-state index contributed by atoms with van der Waals surface area (Å²) in [6, 6.07) is 12.2. The van der Waals surface area contributed by atoms with E-state index in [1.807, 2.05) is 24.3 Å². The van der Waals surface area contributed by atoms with E-state index >= 15 is 0 Å². The SMILES string of the molecule is N#Cc1cc2c(OCCCN3CCN(c4cc(N5CCCC5)nc(N5CCCC5)n4)CC3)cccc2[nH]1. The van der Waals surface area contributed by atoms with Gasteiger partial charge in [-0.1, -0.05) is 6.07 Å². The smallest absolute Gasteiger partial charge is 0.229 e. The molecular formula is C28H36N8O. The minimum atomic E-state index is 0.563. The Hall–Kier alpha value is -3.51. The number of piperazine rings is 1. The van der Waals surface area contributed by atoms with Gasteiger partial charge in [-0.25, -0.2) is 0 Å². The van der Waals surface area contributed by atoms with Crippen molar-refractivity contribution in [1.29, 1.82) is 5.26 Å². The maximum atomic E-state index is 9.16. The van der Waals surface area contributed by atoms with Gasteiger partial charge in [0.1, 0.15) is 29.1 Å². The molecule has 3 aliphatic rings. The minimum Gasteiger partial charge on any atom is -0.493 e. The number of aromatic amines is 1. The van der Waals surface area contributed by atoms with Gasteiger partial charge in [0.15, 0.2) is 0 Å². The molecule has 6 rings (SSSR count). The number of benzene rings is 1. The van der Waals surface area contributed by atoms with Crippen LogP contribution in [0.5, 0.6) is 5.75 Å². The maximum absolute atomic E-state index is 9.16. The third kappa shape index (κ3) is 5.30. The van der Waals surface area contributed by atoms with Gasteiger partial charge >= 0.3 is 0 Å². The highest BCUT2D eigenvalue weighted by Crippen LogP contribution is 2.28. The van der Waals surface area contributed by atoms with Crippen molar-refractivity contribution in [2.24, 2.45) is 0 Å². The monoisotopic (exact) mass is 500 g/mol. The fraction of sp³-hybridized carbons (Fsp3) is 0.536. The Morgan fingerprint density at radius 2 is 1.51 bits per heavy atom. The van der Waals surface area contributed by atoms with Gasteiger partial charge in [-0.05, 0) is 50.3 Å². The molecule has 0 bridgehead atoms. The van der Waals surface area contributed by atoms with E-state index in [9.17, 15) is 0 Å². The largest absolute Gasteiger partial charge is 0.493 e. The molecule has 3 aromatic rings. The standard InChI is InChI=1S/C28H36N8O/c29-21-22-19-23-24(30-22)7-5-8-25(23)37-18-6-9-33-14-16-35(17-15-33)27-20-26(34-10-1-2-11-34)31-28(32-27)36-12-3-4-13-36/h5,7-8,19-20,30H,1-4,6,9-18H2. The molecule has 3 saturated heterocycles. The second kappa shape index (κ2) is 10.9. The van der Waals surface area contributed by atoms with Crippen LogP contribution in [-0.2, 0) is 0 Å². The van der Waals surface area contributed by atoms with E-state index in [4.69, 9.17) is 20.0 Å². The van der Waals surface area contributed by atoms with Gasteiger partial charge in [0.2, 0.25) is 5.95 Å². The molecule has 5 heterocycles. The topological polar surface area (TPSA) is 87.6 Å². The number of nitrogens with one attached hydrogen (secondary N) is 1. The molecular weight excluding hydrogens is 464 g/mol. The van der Waals surface area contributed by atoms with Crippen LogP contribution in [-0.4, -0.2) is 85.4 Å². The van der Waals surface area contributed by atoms with Crippen LogP contribution in [0.15, 0.2) is 30.3 Å². The van der Waals surface area contributed by atoms with Gasteiger partial charge in [-0.3, -0.25) is 4.90 Å². The Kier molecular flexibility index (Phi) is 7.00. The van der Waals surface area contributed by atoms with E-state index in [0.29, 0.717) is 12.3 Å². The highest BCUT2D eigenvalue weighted by Gasteiger charge is 2.24. The van der Waals surface area contributed by atoms with E-state index in [0.717, 1.165) is 99.6 Å². The first-order valence-electron chi connectivity index (χ1n) is 13.8. The van der Waals surface area contributed by atoms with Crippen molar-refractivity contribution in [3.8, 4) is 11.8 Å². The quantitative estimate of drug-likeness (QED) is 0.470. The van der Waals surface area contributed by atoms with Crippen molar-refractivity contribution < 1.29 is 4.74 Å². The van der Waals surface area contributed by atoms with Crippen LogP contribution in [0.25, 0.3) is 10.9 Å². The highest BCUT2D eigenvalue weighted by atomic mass is 16.5. The van der Waals surface area contributed by atoms with E-state index in [1.54, 1.807) is 0 Å². The van der Waals surface area contributed by atoms with E-state index in [1.165, 1.54) is 25.7 Å². The summed E-state index contributed by atoms with van der Waals surface area (Å²) in [6.45, 7) is 10.0. The lowest BCUT2D eigenvalue weighted by atomic mass is 10.2. The first kappa shape index (κ1) is 23.9. The maximum Gasteiger partial charge on any atom is 0.229 e. The zero-order valence-electron chi connectivity index (χ0n) is 21.5. The number of hydrogen-bond acceptors (Lipinski definition) is 8. The molecule has 9 heteroatoms. The number of ether oxygens (including phenoxy) is 1. The Morgan fingerprint density at radius 1 is 0.838 bits per heavy atom. The van der Waals surface area contributed by atoms with Gasteiger partial charge in [0.25, 0.3) is 0 Å². The number of hydrogen-bond donors (Lipinski definition) is 1. The van der Waals surface area contributed by atoms with Crippen LogP contribution in [0, 0.1) is 11.3 Å². The van der Waals surface area contributed by atoms with Crippen LogP contribution in [0.1, 0.15) is 37.8 Å². The first-order chi connectivity index (χ1) is 18.3. The third-order valence-corrected chi connectivity index (χ3v) is 7.82. The molecule has 0 radical (unpaired) electrons. The van der Waals surface area contributed by atoms with Crippen molar-refractivity contribution >= 4 is 28.5 Å². The number of anilines is 3. The molecule has 9 nitrogen and oxygen atoms in total. The Labute approximate surface area is 218 Å². The lowest BCUT2D eigenvalue weighted by Gasteiger charge is -2.36. The van der Waals surface area contributed by atoms with Crippen molar-refractivity contribution in [3.05, 3.63) is 36.0 Å². The minimum absolute atomic E-state index is 0.563. The van der Waals surface area contributed by atoms with E-state index < -0.39 is 0 Å². The third-order valence-electron chi connectivity index (χ3n) is 7.82. The van der Waals surface area contributed by atoms with Crippen molar-refractivity contribution in [2.45, 2.75) is 32.1 Å². The summed E-state index contributed by atoms with van der Waals surface area (Å²) in [5, 5.41) is 10.1. The van der Waals surface area contributed by atoms with Gasteiger partial charge in [0, 0.05) is 70.4 Å². The summed E-state index contributed by atoms with van der Waals surface area (Å²) in [6.07, 6.45) is 5.94. The zero-order chi connectivity index (χ0) is 25.0.